The van der Waals surface area contributed by atoms with Crippen LogP contribution in [-0.4, -0.2) is 19.7 Å². The molecule has 0 bridgehead atoms. The zero-order valence-corrected chi connectivity index (χ0v) is 16.7. The first-order valence-corrected chi connectivity index (χ1v) is 10.0. The quantitative estimate of drug-likeness (QED) is 0.519. The third kappa shape index (κ3) is 2.73. The third-order valence-corrected chi connectivity index (χ3v) is 5.76. The number of nitrogens with one attached hydrogen (secondary N) is 1. The Hall–Kier alpha value is -4.00. The van der Waals surface area contributed by atoms with Crippen LogP contribution >= 0.6 is 0 Å². The normalized spacial score (nSPS) is 19.0. The van der Waals surface area contributed by atoms with Crippen LogP contribution in [0.15, 0.2) is 78.9 Å². The Labute approximate surface area is 178 Å². The molecule has 2 atom stereocenters. The zero-order valence-electron chi connectivity index (χ0n) is 16.7. The van der Waals surface area contributed by atoms with Crippen molar-refractivity contribution in [2.24, 2.45) is 0 Å². The maximum Gasteiger partial charge on any atom is 0.226 e. The second-order valence-corrected chi connectivity index (χ2v) is 7.69. The molecule has 4 aromatic rings. The first-order valence-electron chi connectivity index (χ1n) is 10.0. The average Bonchev–Trinajstić information content (AvgIpc) is 3.27. The molecule has 6 rings (SSSR count). The van der Waals surface area contributed by atoms with Gasteiger partial charge in [-0.15, -0.1) is 0 Å². The topological polar surface area (TPSA) is 64.9 Å². The second-order valence-electron chi connectivity index (χ2n) is 7.69. The van der Waals surface area contributed by atoms with Gasteiger partial charge in [-0.05, 0) is 36.8 Å². The molecule has 2 aliphatic rings. The van der Waals surface area contributed by atoms with Crippen LogP contribution in [0.1, 0.15) is 34.4 Å². The van der Waals surface area contributed by atoms with Gasteiger partial charge >= 0.3 is 0 Å². The lowest BCUT2D eigenvalue weighted by Crippen LogP contribution is -2.32. The highest BCUT2D eigenvalue weighted by molar-refractivity contribution is 5.85. The summed E-state index contributed by atoms with van der Waals surface area (Å²) in [6.45, 7) is 2.04. The smallest absolute Gasteiger partial charge is 0.226 e. The highest BCUT2D eigenvalue weighted by Gasteiger charge is 2.41. The second kappa shape index (κ2) is 6.77. The SMILES string of the molecule is Cc1ccc2c(c1)C1=C(C(c3ccccc3F)O2)C(c2cccnc2)n2ncnc2N1. The molecule has 0 saturated carbocycles. The number of hydrogen-bond acceptors (Lipinski definition) is 5. The van der Waals surface area contributed by atoms with E-state index in [0.717, 1.165) is 28.0 Å². The number of hydrogen-bond donors (Lipinski definition) is 1. The molecule has 2 aliphatic heterocycles. The molecular weight excluding hydrogens is 393 g/mol. The molecule has 0 saturated heterocycles. The summed E-state index contributed by atoms with van der Waals surface area (Å²) in [5, 5.41) is 7.89. The molecule has 152 valence electrons. The van der Waals surface area contributed by atoms with Crippen molar-refractivity contribution in [3.8, 4) is 5.75 Å². The maximum atomic E-state index is 15.0. The number of ether oxygens (including phenoxy) is 1. The molecule has 2 aromatic carbocycles. The first-order chi connectivity index (χ1) is 15.2. The standard InChI is InChI=1S/C24H18FN5O/c1-14-8-9-19-17(11-14)21-20(23(31-19)16-6-2-3-7-18(16)25)22(15-5-4-10-26-12-15)30-24(29-21)27-13-28-30/h2-13,22-23H,1H3,(H,27,28,29). The molecule has 1 N–H and O–H groups in total. The Morgan fingerprint density at radius 3 is 2.84 bits per heavy atom. The Morgan fingerprint density at radius 2 is 2.00 bits per heavy atom. The van der Waals surface area contributed by atoms with Gasteiger partial charge in [0.05, 0.1) is 5.70 Å². The van der Waals surface area contributed by atoms with Crippen molar-refractivity contribution >= 4 is 11.6 Å². The minimum atomic E-state index is -0.638. The number of aromatic nitrogens is 4. The van der Waals surface area contributed by atoms with E-state index in [4.69, 9.17) is 4.74 Å². The fraction of sp³-hybridized carbons (Fsp3) is 0.125. The summed E-state index contributed by atoms with van der Waals surface area (Å²) in [6, 6.07) is 16.2. The fourth-order valence-corrected chi connectivity index (χ4v) is 4.39. The number of nitrogens with zero attached hydrogens (tertiary/aromatic N) is 4. The molecule has 6 nitrogen and oxygen atoms in total. The molecule has 0 fully saturated rings. The maximum absolute atomic E-state index is 15.0. The van der Waals surface area contributed by atoms with E-state index in [9.17, 15) is 4.39 Å². The molecule has 0 radical (unpaired) electrons. The molecule has 0 spiro atoms. The van der Waals surface area contributed by atoms with E-state index in [-0.39, 0.29) is 11.9 Å². The first kappa shape index (κ1) is 17.8. The van der Waals surface area contributed by atoms with Crippen LogP contribution < -0.4 is 10.1 Å². The van der Waals surface area contributed by atoms with E-state index in [2.05, 4.69) is 26.4 Å². The van der Waals surface area contributed by atoms with Crippen molar-refractivity contribution in [1.29, 1.82) is 0 Å². The molecule has 0 aliphatic carbocycles. The number of pyridine rings is 1. The molecule has 7 heteroatoms. The Bertz CT molecular complexity index is 1330. The number of fused-ring (bicyclic) bond motifs is 3. The van der Waals surface area contributed by atoms with Crippen molar-refractivity contribution in [3.05, 3.63) is 107 Å². The summed E-state index contributed by atoms with van der Waals surface area (Å²) < 4.78 is 23.2. The van der Waals surface area contributed by atoms with E-state index in [1.807, 2.05) is 37.3 Å². The van der Waals surface area contributed by atoms with Gasteiger partial charge in [0.1, 0.15) is 23.9 Å². The van der Waals surface area contributed by atoms with Crippen molar-refractivity contribution in [2.75, 3.05) is 5.32 Å². The highest BCUT2D eigenvalue weighted by atomic mass is 19.1. The predicted molar refractivity (Wildman–Crippen MR) is 114 cm³/mol. The van der Waals surface area contributed by atoms with Gasteiger partial charge in [-0.3, -0.25) is 4.98 Å². The summed E-state index contributed by atoms with van der Waals surface area (Å²) in [4.78, 5) is 8.71. The van der Waals surface area contributed by atoms with E-state index in [1.54, 1.807) is 29.2 Å². The van der Waals surface area contributed by atoms with Crippen LogP contribution in [0.2, 0.25) is 0 Å². The zero-order chi connectivity index (χ0) is 20.9. The fourth-order valence-electron chi connectivity index (χ4n) is 4.39. The van der Waals surface area contributed by atoms with Gasteiger partial charge in [-0.1, -0.05) is 35.9 Å². The van der Waals surface area contributed by atoms with Crippen molar-refractivity contribution in [1.82, 2.24) is 19.7 Å². The van der Waals surface area contributed by atoms with Gasteiger partial charge < -0.3 is 10.1 Å². The number of anilines is 1. The van der Waals surface area contributed by atoms with Crippen LogP contribution in [0.5, 0.6) is 5.75 Å². The molecule has 2 aromatic heterocycles. The van der Waals surface area contributed by atoms with Crippen LogP contribution in [0.3, 0.4) is 0 Å². The van der Waals surface area contributed by atoms with E-state index in [0.29, 0.717) is 17.3 Å². The van der Waals surface area contributed by atoms with Crippen molar-refractivity contribution in [2.45, 2.75) is 19.1 Å². The Morgan fingerprint density at radius 1 is 1.10 bits per heavy atom. The lowest BCUT2D eigenvalue weighted by atomic mass is 9.84. The van der Waals surface area contributed by atoms with Gasteiger partial charge in [-0.2, -0.15) is 10.1 Å². The predicted octanol–water partition coefficient (Wildman–Crippen LogP) is 4.68. The average molecular weight is 411 g/mol. The van der Waals surface area contributed by atoms with E-state index in [1.165, 1.54) is 12.4 Å². The monoisotopic (exact) mass is 411 g/mol. The molecule has 0 amide bonds. The largest absolute Gasteiger partial charge is 0.480 e. The number of rotatable bonds is 2. The van der Waals surface area contributed by atoms with Gasteiger partial charge in [0.15, 0.2) is 6.10 Å². The number of benzene rings is 2. The summed E-state index contributed by atoms with van der Waals surface area (Å²) >= 11 is 0. The van der Waals surface area contributed by atoms with Crippen LogP contribution in [0.25, 0.3) is 5.70 Å². The van der Waals surface area contributed by atoms with Gasteiger partial charge in [-0.25, -0.2) is 9.07 Å². The van der Waals surface area contributed by atoms with Gasteiger partial charge in [0.2, 0.25) is 5.95 Å². The lowest BCUT2D eigenvalue weighted by molar-refractivity contribution is 0.218. The molecule has 4 heterocycles. The summed E-state index contributed by atoms with van der Waals surface area (Å²) in [7, 11) is 0. The lowest BCUT2D eigenvalue weighted by Gasteiger charge is -2.39. The van der Waals surface area contributed by atoms with Crippen molar-refractivity contribution < 1.29 is 9.13 Å². The van der Waals surface area contributed by atoms with E-state index >= 15 is 0 Å². The van der Waals surface area contributed by atoms with Crippen LogP contribution in [0, 0.1) is 12.7 Å². The van der Waals surface area contributed by atoms with Crippen LogP contribution in [-0.2, 0) is 0 Å². The van der Waals surface area contributed by atoms with Gasteiger partial charge in [0, 0.05) is 29.1 Å². The Kier molecular flexibility index (Phi) is 3.89. The Balaban J connectivity index is 1.66. The minimum Gasteiger partial charge on any atom is -0.480 e. The molecule has 31 heavy (non-hydrogen) atoms. The van der Waals surface area contributed by atoms with E-state index < -0.39 is 6.10 Å². The molecular formula is C24H18FN5O. The number of aryl methyl sites for hydroxylation is 1. The summed E-state index contributed by atoms with van der Waals surface area (Å²) in [5.41, 5.74) is 5.16. The third-order valence-electron chi connectivity index (χ3n) is 5.76. The minimum absolute atomic E-state index is 0.316. The summed E-state index contributed by atoms with van der Waals surface area (Å²) in [6.07, 6.45) is 4.41. The van der Waals surface area contributed by atoms with Gasteiger partial charge in [0.25, 0.3) is 0 Å². The highest BCUT2D eigenvalue weighted by Crippen LogP contribution is 2.50. The van der Waals surface area contributed by atoms with Crippen molar-refractivity contribution in [3.63, 3.8) is 0 Å². The molecule has 2 unspecified atom stereocenters. The van der Waals surface area contributed by atoms with Crippen LogP contribution in [0.4, 0.5) is 10.3 Å². The number of halogens is 1. The summed E-state index contributed by atoms with van der Waals surface area (Å²) in [5.74, 6) is 1.00.